The summed E-state index contributed by atoms with van der Waals surface area (Å²) in [4.78, 5) is 27.7. The molecule has 3 heterocycles. The molecule has 0 spiro atoms. The molecule has 0 aromatic carbocycles. The Morgan fingerprint density at radius 2 is 2.29 bits per heavy atom. The van der Waals surface area contributed by atoms with Crippen LogP contribution in [0.4, 0.5) is 0 Å². The number of carboxylic acids is 1. The van der Waals surface area contributed by atoms with Crippen molar-refractivity contribution in [1.29, 1.82) is 0 Å². The fourth-order valence-electron chi connectivity index (χ4n) is 2.65. The summed E-state index contributed by atoms with van der Waals surface area (Å²) in [5, 5.41) is 15.6. The van der Waals surface area contributed by atoms with Gasteiger partial charge in [-0.2, -0.15) is 0 Å². The van der Waals surface area contributed by atoms with Gasteiger partial charge in [-0.15, -0.1) is 0 Å². The molecule has 2 atom stereocenters. The number of ether oxygens (including phenoxy) is 1. The van der Waals surface area contributed by atoms with Crippen LogP contribution in [0, 0.1) is 5.92 Å². The molecule has 0 bridgehead atoms. The van der Waals surface area contributed by atoms with Crippen molar-refractivity contribution in [3.8, 4) is 11.3 Å². The summed E-state index contributed by atoms with van der Waals surface area (Å²) in [6, 6.07) is 3.95. The second kappa shape index (κ2) is 7.22. The van der Waals surface area contributed by atoms with Gasteiger partial charge in [-0.1, -0.05) is 5.16 Å². The molecular weight excluding hydrogens is 314 g/mol. The highest BCUT2D eigenvalue weighted by molar-refractivity contribution is 5.95. The Hall–Kier alpha value is -2.74. The lowest BCUT2D eigenvalue weighted by Crippen LogP contribution is -2.48. The number of aromatic nitrogens is 2. The van der Waals surface area contributed by atoms with E-state index in [-0.39, 0.29) is 11.6 Å². The molecule has 0 saturated carbocycles. The first-order valence-corrected chi connectivity index (χ1v) is 7.63. The van der Waals surface area contributed by atoms with Crippen LogP contribution in [0.3, 0.4) is 0 Å². The molecular formula is C16H17N3O5. The van der Waals surface area contributed by atoms with Crippen molar-refractivity contribution in [2.45, 2.75) is 18.9 Å². The number of carbonyl (C=O) groups is 2. The van der Waals surface area contributed by atoms with Gasteiger partial charge in [0.05, 0.1) is 6.61 Å². The van der Waals surface area contributed by atoms with Crippen LogP contribution < -0.4 is 5.32 Å². The Balaban J connectivity index is 1.71. The molecule has 1 fully saturated rings. The van der Waals surface area contributed by atoms with Crippen LogP contribution in [-0.4, -0.2) is 46.4 Å². The molecule has 1 amide bonds. The largest absolute Gasteiger partial charge is 0.480 e. The third kappa shape index (κ3) is 3.60. The molecule has 1 saturated heterocycles. The van der Waals surface area contributed by atoms with Crippen LogP contribution in [-0.2, 0) is 9.53 Å². The summed E-state index contributed by atoms with van der Waals surface area (Å²) >= 11 is 0. The molecule has 3 rings (SSSR count). The van der Waals surface area contributed by atoms with E-state index in [4.69, 9.17) is 9.26 Å². The van der Waals surface area contributed by atoms with Crippen LogP contribution >= 0.6 is 0 Å². The summed E-state index contributed by atoms with van der Waals surface area (Å²) < 4.78 is 10.4. The zero-order valence-electron chi connectivity index (χ0n) is 12.8. The maximum Gasteiger partial charge on any atom is 0.326 e. The average molecular weight is 331 g/mol. The number of nitrogens with one attached hydrogen (secondary N) is 1. The lowest BCUT2D eigenvalue weighted by Gasteiger charge is -2.27. The van der Waals surface area contributed by atoms with Crippen LogP contribution in [0.25, 0.3) is 11.3 Å². The molecule has 2 aromatic rings. The number of amides is 1. The molecule has 0 aliphatic carbocycles. The topological polar surface area (TPSA) is 115 Å². The third-order valence-corrected chi connectivity index (χ3v) is 3.91. The lowest BCUT2D eigenvalue weighted by molar-refractivity contribution is -0.142. The molecule has 24 heavy (non-hydrogen) atoms. The molecule has 2 aromatic heterocycles. The normalized spacial score (nSPS) is 18.8. The van der Waals surface area contributed by atoms with Crippen molar-refractivity contribution in [3.05, 3.63) is 36.3 Å². The van der Waals surface area contributed by atoms with Crippen molar-refractivity contribution in [3.63, 3.8) is 0 Å². The van der Waals surface area contributed by atoms with Gasteiger partial charge in [-0.3, -0.25) is 9.78 Å². The highest BCUT2D eigenvalue weighted by Crippen LogP contribution is 2.20. The highest BCUT2D eigenvalue weighted by atomic mass is 16.5. The number of pyridine rings is 1. The SMILES string of the molecule is O=C(N[C@@H](C(=O)O)[C@H]1CCCOC1)c1cc(-c2cccnc2)on1. The van der Waals surface area contributed by atoms with Gasteiger partial charge in [0, 0.05) is 36.5 Å². The van der Waals surface area contributed by atoms with E-state index in [2.05, 4.69) is 15.5 Å². The fraction of sp³-hybridized carbons (Fsp3) is 0.375. The average Bonchev–Trinajstić information content (AvgIpc) is 3.11. The van der Waals surface area contributed by atoms with Gasteiger partial charge in [0.25, 0.3) is 5.91 Å². The summed E-state index contributed by atoms with van der Waals surface area (Å²) in [6.45, 7) is 0.936. The van der Waals surface area contributed by atoms with Gasteiger partial charge in [0.1, 0.15) is 6.04 Å². The Kier molecular flexibility index (Phi) is 4.85. The zero-order valence-corrected chi connectivity index (χ0v) is 12.8. The van der Waals surface area contributed by atoms with E-state index in [1.165, 1.54) is 6.07 Å². The number of carbonyl (C=O) groups excluding carboxylic acids is 1. The van der Waals surface area contributed by atoms with E-state index in [1.807, 2.05) is 0 Å². The Labute approximate surface area is 137 Å². The van der Waals surface area contributed by atoms with E-state index in [0.29, 0.717) is 31.0 Å². The molecule has 2 N–H and O–H groups in total. The second-order valence-corrected chi connectivity index (χ2v) is 5.58. The molecule has 8 nitrogen and oxygen atoms in total. The molecule has 0 radical (unpaired) electrons. The Bertz CT molecular complexity index is 710. The van der Waals surface area contributed by atoms with Crippen LogP contribution in [0.1, 0.15) is 23.3 Å². The minimum Gasteiger partial charge on any atom is -0.480 e. The second-order valence-electron chi connectivity index (χ2n) is 5.58. The minimum atomic E-state index is -1.09. The van der Waals surface area contributed by atoms with Crippen LogP contribution in [0.5, 0.6) is 0 Å². The maximum atomic E-state index is 12.3. The molecule has 0 unspecified atom stereocenters. The van der Waals surface area contributed by atoms with Gasteiger partial charge in [-0.05, 0) is 25.0 Å². The predicted octanol–water partition coefficient (Wildman–Crippen LogP) is 1.35. The highest BCUT2D eigenvalue weighted by Gasteiger charge is 2.32. The first kappa shape index (κ1) is 16.1. The molecule has 8 heteroatoms. The van der Waals surface area contributed by atoms with Crippen molar-refractivity contribution >= 4 is 11.9 Å². The van der Waals surface area contributed by atoms with E-state index >= 15 is 0 Å². The number of nitrogens with zero attached hydrogens (tertiary/aromatic N) is 2. The van der Waals surface area contributed by atoms with Gasteiger partial charge in [0.2, 0.25) is 0 Å². The fourth-order valence-corrected chi connectivity index (χ4v) is 2.65. The standard InChI is InChI=1S/C16H17N3O5/c20-15(18-14(16(21)22)11-4-2-6-23-9-11)12-7-13(24-19-12)10-3-1-5-17-8-10/h1,3,5,7-8,11,14H,2,4,6,9H2,(H,18,20)(H,21,22)/t11-,14+/m0/s1. The van der Waals surface area contributed by atoms with Crippen molar-refractivity contribution in [1.82, 2.24) is 15.5 Å². The van der Waals surface area contributed by atoms with Gasteiger partial charge < -0.3 is 19.7 Å². The number of carboxylic acid groups (broad SMARTS) is 1. The number of hydrogen-bond acceptors (Lipinski definition) is 6. The van der Waals surface area contributed by atoms with Crippen molar-refractivity contribution < 1.29 is 24.0 Å². The van der Waals surface area contributed by atoms with Crippen LogP contribution in [0.2, 0.25) is 0 Å². The molecule has 126 valence electrons. The quantitative estimate of drug-likeness (QED) is 0.849. The number of hydrogen-bond donors (Lipinski definition) is 2. The van der Waals surface area contributed by atoms with E-state index in [1.54, 1.807) is 24.5 Å². The monoisotopic (exact) mass is 331 g/mol. The van der Waals surface area contributed by atoms with Crippen molar-refractivity contribution in [2.75, 3.05) is 13.2 Å². The summed E-state index contributed by atoms with van der Waals surface area (Å²) in [5.41, 5.74) is 0.705. The first-order chi connectivity index (χ1) is 11.6. The number of aliphatic carboxylic acids is 1. The predicted molar refractivity (Wildman–Crippen MR) is 82.2 cm³/mol. The number of rotatable bonds is 5. The smallest absolute Gasteiger partial charge is 0.326 e. The van der Waals surface area contributed by atoms with Gasteiger partial charge in [-0.25, -0.2) is 4.79 Å². The summed E-state index contributed by atoms with van der Waals surface area (Å²) in [5.74, 6) is -1.55. The minimum absolute atomic E-state index is 0.0248. The molecule has 1 aliphatic rings. The van der Waals surface area contributed by atoms with Crippen LogP contribution in [0.15, 0.2) is 35.1 Å². The third-order valence-electron chi connectivity index (χ3n) is 3.91. The van der Waals surface area contributed by atoms with Gasteiger partial charge >= 0.3 is 5.97 Å². The van der Waals surface area contributed by atoms with Gasteiger partial charge in [0.15, 0.2) is 11.5 Å². The maximum absolute atomic E-state index is 12.3. The molecule has 1 aliphatic heterocycles. The van der Waals surface area contributed by atoms with E-state index in [0.717, 1.165) is 6.42 Å². The zero-order chi connectivity index (χ0) is 16.9. The Morgan fingerprint density at radius 3 is 2.96 bits per heavy atom. The van der Waals surface area contributed by atoms with E-state index in [9.17, 15) is 14.7 Å². The lowest BCUT2D eigenvalue weighted by atomic mass is 9.93. The van der Waals surface area contributed by atoms with Crippen molar-refractivity contribution in [2.24, 2.45) is 5.92 Å². The first-order valence-electron chi connectivity index (χ1n) is 7.63. The van der Waals surface area contributed by atoms with E-state index < -0.39 is 17.9 Å². The summed E-state index contributed by atoms with van der Waals surface area (Å²) in [7, 11) is 0. The Morgan fingerprint density at radius 1 is 1.42 bits per heavy atom. The summed E-state index contributed by atoms with van der Waals surface area (Å²) in [6.07, 6.45) is 4.68.